The lowest BCUT2D eigenvalue weighted by atomic mass is 10.0. The van der Waals surface area contributed by atoms with Gasteiger partial charge in [0.15, 0.2) is 0 Å². The summed E-state index contributed by atoms with van der Waals surface area (Å²) in [4.78, 5) is 14.2. The lowest BCUT2D eigenvalue weighted by molar-refractivity contribution is 0.168. The van der Waals surface area contributed by atoms with Gasteiger partial charge in [-0.25, -0.2) is 4.98 Å². The molecule has 110 valence electrons. The van der Waals surface area contributed by atoms with Crippen LogP contribution in [0.1, 0.15) is 25.2 Å². The van der Waals surface area contributed by atoms with Crippen LogP contribution in [-0.4, -0.2) is 51.6 Å². The summed E-state index contributed by atoms with van der Waals surface area (Å²) in [6.45, 7) is 11.8. The molecular weight excluding hydrogens is 270 g/mol. The predicted octanol–water partition coefficient (Wildman–Crippen LogP) is 1.28. The highest BCUT2D eigenvalue weighted by molar-refractivity contribution is 7.80. The number of anilines is 1. The summed E-state index contributed by atoms with van der Waals surface area (Å²) in [5.41, 5.74) is 7.59. The van der Waals surface area contributed by atoms with Gasteiger partial charge in [-0.3, -0.25) is 9.88 Å². The second-order valence-corrected chi connectivity index (χ2v) is 6.24. The number of hydrogen-bond donors (Lipinski definition) is 1. The van der Waals surface area contributed by atoms with Crippen LogP contribution in [0, 0.1) is 13.8 Å². The summed E-state index contributed by atoms with van der Waals surface area (Å²) < 4.78 is 0. The van der Waals surface area contributed by atoms with E-state index < -0.39 is 0 Å². The minimum atomic E-state index is -0.226. The molecule has 0 unspecified atom stereocenters. The highest BCUT2D eigenvalue weighted by atomic mass is 32.1. The fraction of sp³-hybridized carbons (Fsp3) is 0.643. The number of nitrogens with zero attached hydrogens (tertiary/aromatic N) is 4. The average molecular weight is 293 g/mol. The molecule has 2 rings (SSSR count). The van der Waals surface area contributed by atoms with Crippen molar-refractivity contribution in [1.29, 1.82) is 0 Å². The van der Waals surface area contributed by atoms with Crippen LogP contribution in [-0.2, 0) is 0 Å². The van der Waals surface area contributed by atoms with E-state index in [2.05, 4.69) is 33.6 Å². The van der Waals surface area contributed by atoms with Crippen LogP contribution < -0.4 is 10.6 Å². The van der Waals surface area contributed by atoms with Crippen molar-refractivity contribution in [3.05, 3.63) is 17.6 Å². The Kier molecular flexibility index (Phi) is 4.25. The third kappa shape index (κ3) is 2.91. The molecule has 1 saturated heterocycles. The normalized spacial score (nSPS) is 17.3. The average Bonchev–Trinajstić information content (AvgIpc) is 2.42. The molecule has 2 heterocycles. The van der Waals surface area contributed by atoms with Crippen molar-refractivity contribution in [2.24, 2.45) is 5.73 Å². The minimum absolute atomic E-state index is 0.226. The third-order valence-corrected chi connectivity index (χ3v) is 4.68. The molecule has 6 heteroatoms. The highest BCUT2D eigenvalue weighted by Crippen LogP contribution is 2.20. The molecular formula is C14H23N5S. The molecule has 0 atom stereocenters. The van der Waals surface area contributed by atoms with Crippen molar-refractivity contribution in [3.8, 4) is 0 Å². The maximum Gasteiger partial charge on any atom is 0.147 e. The maximum absolute atomic E-state index is 5.84. The van der Waals surface area contributed by atoms with Gasteiger partial charge in [0.2, 0.25) is 0 Å². The second kappa shape index (κ2) is 5.61. The van der Waals surface area contributed by atoms with Gasteiger partial charge in [-0.05, 0) is 27.7 Å². The molecule has 5 nitrogen and oxygen atoms in total. The second-order valence-electron chi connectivity index (χ2n) is 5.80. The Labute approximate surface area is 126 Å². The van der Waals surface area contributed by atoms with Crippen LogP contribution in [0.4, 0.5) is 5.82 Å². The lowest BCUT2D eigenvalue weighted by Gasteiger charge is -2.43. The SMILES string of the molecule is Cc1ncc(N2CCN(C(C)(C)C(N)=S)CC2)nc1C. The van der Waals surface area contributed by atoms with Crippen LogP contribution in [0.2, 0.25) is 0 Å². The van der Waals surface area contributed by atoms with Gasteiger partial charge in [0.05, 0.1) is 28.1 Å². The monoisotopic (exact) mass is 293 g/mol. The first-order chi connectivity index (χ1) is 9.32. The van der Waals surface area contributed by atoms with Gasteiger partial charge >= 0.3 is 0 Å². The molecule has 20 heavy (non-hydrogen) atoms. The van der Waals surface area contributed by atoms with Crippen molar-refractivity contribution in [2.45, 2.75) is 33.2 Å². The van der Waals surface area contributed by atoms with Gasteiger partial charge < -0.3 is 10.6 Å². The zero-order chi connectivity index (χ0) is 14.9. The molecule has 0 bridgehead atoms. The van der Waals surface area contributed by atoms with Crippen LogP contribution in [0.15, 0.2) is 6.20 Å². The van der Waals surface area contributed by atoms with Gasteiger partial charge in [-0.15, -0.1) is 0 Å². The highest BCUT2D eigenvalue weighted by Gasteiger charge is 2.32. The van der Waals surface area contributed by atoms with Crippen LogP contribution >= 0.6 is 12.2 Å². The first-order valence-corrected chi connectivity index (χ1v) is 7.33. The van der Waals surface area contributed by atoms with E-state index in [1.54, 1.807) is 0 Å². The first kappa shape index (κ1) is 15.1. The van der Waals surface area contributed by atoms with E-state index in [9.17, 15) is 0 Å². The van der Waals surface area contributed by atoms with Gasteiger partial charge in [-0.1, -0.05) is 12.2 Å². The zero-order valence-corrected chi connectivity index (χ0v) is 13.5. The van der Waals surface area contributed by atoms with E-state index in [1.165, 1.54) is 0 Å². The number of hydrogen-bond acceptors (Lipinski definition) is 5. The third-order valence-electron chi connectivity index (χ3n) is 4.18. The Morgan fingerprint density at radius 1 is 1.20 bits per heavy atom. The molecule has 1 aromatic heterocycles. The smallest absolute Gasteiger partial charge is 0.147 e. The molecule has 1 aliphatic heterocycles. The van der Waals surface area contributed by atoms with Crippen molar-refractivity contribution in [3.63, 3.8) is 0 Å². The van der Waals surface area contributed by atoms with E-state index >= 15 is 0 Å². The summed E-state index contributed by atoms with van der Waals surface area (Å²) in [5, 5.41) is 0. The molecule has 0 aliphatic carbocycles. The van der Waals surface area contributed by atoms with E-state index in [1.807, 2.05) is 20.0 Å². The largest absolute Gasteiger partial charge is 0.392 e. The van der Waals surface area contributed by atoms with Gasteiger partial charge in [0.1, 0.15) is 5.82 Å². The van der Waals surface area contributed by atoms with Gasteiger partial charge in [0.25, 0.3) is 0 Å². The number of aryl methyl sites for hydroxylation is 2. The molecule has 0 amide bonds. The minimum Gasteiger partial charge on any atom is -0.392 e. The summed E-state index contributed by atoms with van der Waals surface area (Å²) in [7, 11) is 0. The lowest BCUT2D eigenvalue weighted by Crippen LogP contribution is -2.59. The maximum atomic E-state index is 5.84. The number of thiocarbonyl (C=S) groups is 1. The summed E-state index contributed by atoms with van der Waals surface area (Å²) in [6.07, 6.45) is 1.86. The summed E-state index contributed by atoms with van der Waals surface area (Å²) in [6, 6.07) is 0. The Hall–Kier alpha value is -1.27. The van der Waals surface area contributed by atoms with Crippen molar-refractivity contribution in [1.82, 2.24) is 14.9 Å². The molecule has 2 N–H and O–H groups in total. The number of nitrogens with two attached hydrogens (primary N) is 1. The first-order valence-electron chi connectivity index (χ1n) is 6.92. The molecule has 1 fully saturated rings. The summed E-state index contributed by atoms with van der Waals surface area (Å²) >= 11 is 5.17. The van der Waals surface area contributed by atoms with E-state index in [-0.39, 0.29) is 5.54 Å². The molecule has 0 saturated carbocycles. The van der Waals surface area contributed by atoms with Gasteiger partial charge in [0, 0.05) is 26.2 Å². The quantitative estimate of drug-likeness (QED) is 0.847. The van der Waals surface area contributed by atoms with E-state index in [0.29, 0.717) is 4.99 Å². The standard InChI is InChI=1S/C14H23N5S/c1-10-11(2)17-12(9-16-10)18-5-7-19(8-6-18)14(3,4)13(15)20/h9H,5-8H2,1-4H3,(H2,15,20). The molecule has 1 aromatic rings. The molecule has 0 spiro atoms. The Morgan fingerprint density at radius 2 is 1.80 bits per heavy atom. The van der Waals surface area contributed by atoms with Crippen LogP contribution in [0.5, 0.6) is 0 Å². The van der Waals surface area contributed by atoms with Gasteiger partial charge in [-0.2, -0.15) is 0 Å². The van der Waals surface area contributed by atoms with E-state index in [4.69, 9.17) is 18.0 Å². The fourth-order valence-electron chi connectivity index (χ4n) is 2.33. The summed E-state index contributed by atoms with van der Waals surface area (Å²) in [5.74, 6) is 0.959. The zero-order valence-electron chi connectivity index (χ0n) is 12.7. The van der Waals surface area contributed by atoms with Crippen LogP contribution in [0.3, 0.4) is 0 Å². The Morgan fingerprint density at radius 3 is 2.30 bits per heavy atom. The predicted molar refractivity (Wildman–Crippen MR) is 86.2 cm³/mol. The Balaban J connectivity index is 2.04. The molecule has 0 radical (unpaired) electrons. The van der Waals surface area contributed by atoms with Crippen molar-refractivity contribution in [2.75, 3.05) is 31.1 Å². The fourth-order valence-corrected chi connectivity index (χ4v) is 2.46. The van der Waals surface area contributed by atoms with Crippen LogP contribution in [0.25, 0.3) is 0 Å². The van der Waals surface area contributed by atoms with E-state index in [0.717, 1.165) is 43.4 Å². The molecule has 0 aromatic carbocycles. The number of rotatable bonds is 3. The number of piperazine rings is 1. The number of aromatic nitrogens is 2. The molecule has 1 aliphatic rings. The Bertz CT molecular complexity index is 506. The van der Waals surface area contributed by atoms with Crippen molar-refractivity contribution < 1.29 is 0 Å². The van der Waals surface area contributed by atoms with Crippen molar-refractivity contribution >= 4 is 23.0 Å². The topological polar surface area (TPSA) is 58.3 Å².